The second-order valence-corrected chi connectivity index (χ2v) is 7.67. The van der Waals surface area contributed by atoms with Crippen molar-refractivity contribution in [1.29, 1.82) is 0 Å². The monoisotopic (exact) mass is 352 g/mol. The Morgan fingerprint density at radius 3 is 2.54 bits per heavy atom. The van der Waals surface area contributed by atoms with E-state index in [-0.39, 0.29) is 24.1 Å². The lowest BCUT2D eigenvalue weighted by molar-refractivity contribution is -0.131. The van der Waals surface area contributed by atoms with Crippen LogP contribution < -0.4 is 5.32 Å². The Morgan fingerprint density at radius 1 is 1.25 bits per heavy atom. The van der Waals surface area contributed by atoms with Gasteiger partial charge in [-0.05, 0) is 32.6 Å². The maximum absolute atomic E-state index is 12.0. The smallest absolute Gasteiger partial charge is 0.241 e. The number of rotatable bonds is 7. The van der Waals surface area contributed by atoms with Gasteiger partial charge in [0.15, 0.2) is 5.16 Å². The van der Waals surface area contributed by atoms with E-state index in [1.807, 2.05) is 11.8 Å². The fourth-order valence-corrected chi connectivity index (χ4v) is 3.68. The molecule has 0 unspecified atom stereocenters. The topological polar surface area (TPSA) is 67.2 Å². The largest absolute Gasteiger partial charge is 0.346 e. The van der Waals surface area contributed by atoms with Crippen molar-refractivity contribution in [2.45, 2.75) is 52.2 Å². The Hall–Kier alpha value is -1.50. The summed E-state index contributed by atoms with van der Waals surface area (Å²) in [5.41, 5.74) is 2.15. The highest BCUT2D eigenvalue weighted by atomic mass is 32.2. The van der Waals surface area contributed by atoms with Crippen LogP contribution in [0.15, 0.2) is 5.16 Å². The van der Waals surface area contributed by atoms with Crippen molar-refractivity contribution in [3.63, 3.8) is 0 Å². The first kappa shape index (κ1) is 18.8. The number of nitrogens with one attached hydrogen (secondary N) is 1. The minimum absolute atomic E-state index is 0.0128. The minimum atomic E-state index is -0.123. The van der Waals surface area contributed by atoms with E-state index in [0.717, 1.165) is 49.0 Å². The summed E-state index contributed by atoms with van der Waals surface area (Å²) < 4.78 is 2.17. The van der Waals surface area contributed by atoms with Crippen LogP contribution in [0.5, 0.6) is 0 Å². The van der Waals surface area contributed by atoms with Crippen molar-refractivity contribution in [2.24, 2.45) is 5.92 Å². The Labute approximate surface area is 148 Å². The Kier molecular flexibility index (Phi) is 6.71. The number of hydrogen-bond donors (Lipinski definition) is 1. The van der Waals surface area contributed by atoms with Crippen LogP contribution in [-0.2, 0) is 16.1 Å². The molecule has 1 N–H and O–H groups in total. The van der Waals surface area contributed by atoms with E-state index in [9.17, 15) is 9.59 Å². The van der Waals surface area contributed by atoms with Crippen LogP contribution in [0.25, 0.3) is 0 Å². The quantitative estimate of drug-likeness (QED) is 0.762. The normalized spacial score (nSPS) is 14.5. The number of carbonyl (C=O) groups is 2. The third kappa shape index (κ3) is 5.00. The summed E-state index contributed by atoms with van der Waals surface area (Å²) in [6.07, 6.45) is 2.12. The second-order valence-electron chi connectivity index (χ2n) is 6.72. The average Bonchev–Trinajstić information content (AvgIpc) is 3.15. The standard InChI is InChI=1S/C17H28N4O2S/c1-12(2)10-21-14(4)13(3)19-17(21)24-11-15(22)18-9-16(23)20-7-5-6-8-20/h12H,5-11H2,1-4H3,(H,18,22). The van der Waals surface area contributed by atoms with E-state index in [1.54, 1.807) is 0 Å². The van der Waals surface area contributed by atoms with Crippen LogP contribution in [-0.4, -0.2) is 51.7 Å². The molecule has 0 spiro atoms. The molecule has 6 nitrogen and oxygen atoms in total. The summed E-state index contributed by atoms with van der Waals surface area (Å²) in [5.74, 6) is 0.686. The first-order valence-electron chi connectivity index (χ1n) is 8.59. The highest BCUT2D eigenvalue weighted by Gasteiger charge is 2.19. The highest BCUT2D eigenvalue weighted by Crippen LogP contribution is 2.22. The highest BCUT2D eigenvalue weighted by molar-refractivity contribution is 7.99. The van der Waals surface area contributed by atoms with Gasteiger partial charge in [0.05, 0.1) is 18.0 Å². The van der Waals surface area contributed by atoms with Crippen LogP contribution in [0.3, 0.4) is 0 Å². The first-order valence-corrected chi connectivity index (χ1v) is 9.58. The van der Waals surface area contributed by atoms with Crippen molar-refractivity contribution in [3.05, 3.63) is 11.4 Å². The van der Waals surface area contributed by atoms with E-state index >= 15 is 0 Å². The number of amides is 2. The lowest BCUT2D eigenvalue weighted by Crippen LogP contribution is -2.39. The average molecular weight is 353 g/mol. The molecule has 0 atom stereocenters. The maximum atomic E-state index is 12.0. The molecule has 1 aromatic rings. The van der Waals surface area contributed by atoms with E-state index in [4.69, 9.17) is 0 Å². The van der Waals surface area contributed by atoms with Gasteiger partial charge in [-0.15, -0.1) is 0 Å². The third-order valence-corrected chi connectivity index (χ3v) is 5.17. The van der Waals surface area contributed by atoms with Gasteiger partial charge in [-0.2, -0.15) is 0 Å². The Balaban J connectivity index is 1.83. The van der Waals surface area contributed by atoms with Crippen LogP contribution in [0.4, 0.5) is 0 Å². The zero-order chi connectivity index (χ0) is 17.7. The molecule has 24 heavy (non-hydrogen) atoms. The summed E-state index contributed by atoms with van der Waals surface area (Å²) in [6.45, 7) is 11.0. The number of likely N-dealkylation sites (tertiary alicyclic amines) is 1. The number of aromatic nitrogens is 2. The van der Waals surface area contributed by atoms with Crippen molar-refractivity contribution < 1.29 is 9.59 Å². The molecular weight excluding hydrogens is 324 g/mol. The van der Waals surface area contributed by atoms with Gasteiger partial charge in [-0.1, -0.05) is 25.6 Å². The summed E-state index contributed by atoms with van der Waals surface area (Å²) in [5, 5.41) is 3.60. The fourth-order valence-electron chi connectivity index (χ4n) is 2.75. The van der Waals surface area contributed by atoms with Crippen LogP contribution in [0.2, 0.25) is 0 Å². The zero-order valence-corrected chi connectivity index (χ0v) is 15.9. The van der Waals surface area contributed by atoms with E-state index in [0.29, 0.717) is 5.92 Å². The van der Waals surface area contributed by atoms with E-state index < -0.39 is 0 Å². The van der Waals surface area contributed by atoms with Crippen LogP contribution in [0, 0.1) is 19.8 Å². The molecule has 2 heterocycles. The molecule has 0 radical (unpaired) electrons. The van der Waals surface area contributed by atoms with Gasteiger partial charge >= 0.3 is 0 Å². The van der Waals surface area contributed by atoms with E-state index in [2.05, 4.69) is 35.6 Å². The molecule has 1 aliphatic rings. The molecule has 1 saturated heterocycles. The van der Waals surface area contributed by atoms with Crippen molar-refractivity contribution in [3.8, 4) is 0 Å². The SMILES string of the molecule is Cc1nc(SCC(=O)NCC(=O)N2CCCC2)n(CC(C)C)c1C. The summed E-state index contributed by atoms with van der Waals surface area (Å²) in [4.78, 5) is 30.3. The zero-order valence-electron chi connectivity index (χ0n) is 15.1. The maximum Gasteiger partial charge on any atom is 0.241 e. The van der Waals surface area contributed by atoms with Gasteiger partial charge in [-0.3, -0.25) is 9.59 Å². The predicted octanol–water partition coefficient (Wildman–Crippen LogP) is 1.99. The molecular formula is C17H28N4O2S. The summed E-state index contributed by atoms with van der Waals surface area (Å²) in [7, 11) is 0. The number of carbonyl (C=O) groups excluding carboxylic acids is 2. The van der Waals surface area contributed by atoms with Gasteiger partial charge in [0, 0.05) is 25.3 Å². The molecule has 1 fully saturated rings. The Bertz CT molecular complexity index is 592. The minimum Gasteiger partial charge on any atom is -0.346 e. The lowest BCUT2D eigenvalue weighted by atomic mass is 10.2. The van der Waals surface area contributed by atoms with Gasteiger partial charge in [0.2, 0.25) is 11.8 Å². The van der Waals surface area contributed by atoms with Gasteiger partial charge in [0.1, 0.15) is 0 Å². The van der Waals surface area contributed by atoms with Crippen molar-refractivity contribution in [2.75, 3.05) is 25.4 Å². The number of nitrogens with zero attached hydrogens (tertiary/aromatic N) is 3. The van der Waals surface area contributed by atoms with E-state index in [1.165, 1.54) is 11.8 Å². The molecule has 2 rings (SSSR count). The lowest BCUT2D eigenvalue weighted by Gasteiger charge is -2.15. The number of aryl methyl sites for hydroxylation is 1. The summed E-state index contributed by atoms with van der Waals surface area (Å²) >= 11 is 1.43. The molecule has 134 valence electrons. The second kappa shape index (κ2) is 8.55. The molecule has 1 aliphatic heterocycles. The molecule has 0 aliphatic carbocycles. The molecule has 0 saturated carbocycles. The van der Waals surface area contributed by atoms with Gasteiger partial charge in [-0.25, -0.2) is 4.98 Å². The number of hydrogen-bond acceptors (Lipinski definition) is 4. The predicted molar refractivity (Wildman–Crippen MR) is 96.1 cm³/mol. The fraction of sp³-hybridized carbons (Fsp3) is 0.706. The Morgan fingerprint density at radius 2 is 1.92 bits per heavy atom. The van der Waals surface area contributed by atoms with Crippen molar-refractivity contribution >= 4 is 23.6 Å². The van der Waals surface area contributed by atoms with Gasteiger partial charge in [0.25, 0.3) is 0 Å². The van der Waals surface area contributed by atoms with Crippen LogP contribution >= 0.6 is 11.8 Å². The molecule has 0 bridgehead atoms. The number of imidazole rings is 1. The first-order chi connectivity index (χ1) is 11.4. The summed E-state index contributed by atoms with van der Waals surface area (Å²) in [6, 6.07) is 0. The third-order valence-electron chi connectivity index (χ3n) is 4.20. The van der Waals surface area contributed by atoms with Crippen LogP contribution in [0.1, 0.15) is 38.1 Å². The molecule has 0 aromatic carbocycles. The molecule has 7 heteroatoms. The van der Waals surface area contributed by atoms with Gasteiger partial charge < -0.3 is 14.8 Å². The van der Waals surface area contributed by atoms with Crippen molar-refractivity contribution in [1.82, 2.24) is 19.8 Å². The molecule has 2 amide bonds. The number of thioether (sulfide) groups is 1. The molecule has 1 aromatic heterocycles.